The Hall–Kier alpha value is -0.570. The molecule has 4 rings (SSSR count). The lowest BCUT2D eigenvalue weighted by Gasteiger charge is -2.28. The van der Waals surface area contributed by atoms with E-state index >= 15 is 0 Å². The molecule has 0 heterocycles. The smallest absolute Gasteiger partial charge is 0.110 e. The maximum Gasteiger partial charge on any atom is 0.110 e. The third-order valence-corrected chi connectivity index (χ3v) is 6.12. The Bertz CT molecular complexity index is 356. The second-order valence-electron chi connectivity index (χ2n) is 7.13. The van der Waals surface area contributed by atoms with Gasteiger partial charge in [-0.1, -0.05) is 12.8 Å². The van der Waals surface area contributed by atoms with Crippen LogP contribution >= 0.6 is 0 Å². The van der Waals surface area contributed by atoms with Gasteiger partial charge in [-0.15, -0.1) is 0 Å². The van der Waals surface area contributed by atoms with Crippen LogP contribution in [-0.4, -0.2) is 28.7 Å². The minimum Gasteiger partial charge on any atom is -0.287 e. The van der Waals surface area contributed by atoms with Gasteiger partial charge in [0.2, 0.25) is 0 Å². The molecule has 100 valence electrons. The fourth-order valence-corrected chi connectivity index (χ4v) is 5.17. The quantitative estimate of drug-likeness (QED) is 0.473. The zero-order valence-corrected chi connectivity index (χ0v) is 11.0. The van der Waals surface area contributed by atoms with Crippen LogP contribution in [0.3, 0.4) is 0 Å². The highest BCUT2D eigenvalue weighted by Crippen LogP contribution is 2.47. The van der Waals surface area contributed by atoms with Gasteiger partial charge in [0.05, 0.1) is 12.1 Å². The van der Waals surface area contributed by atoms with Crippen molar-refractivity contribution in [2.75, 3.05) is 0 Å². The molecule has 0 aromatic carbocycles. The van der Waals surface area contributed by atoms with Gasteiger partial charge in [-0.25, -0.2) is 5.06 Å². The molecule has 0 radical (unpaired) electrons. The normalized spacial score (nSPS) is 49.6. The molecule has 0 aromatic rings. The van der Waals surface area contributed by atoms with Gasteiger partial charge in [-0.3, -0.25) is 10.2 Å². The Morgan fingerprint density at radius 1 is 0.889 bits per heavy atom. The lowest BCUT2D eigenvalue weighted by Crippen LogP contribution is -2.36. The third kappa shape index (κ3) is 1.78. The van der Waals surface area contributed by atoms with Gasteiger partial charge < -0.3 is 0 Å². The highest BCUT2D eigenvalue weighted by molar-refractivity contribution is 5.54. The van der Waals surface area contributed by atoms with Crippen molar-refractivity contribution in [2.24, 2.45) is 28.7 Å². The highest BCUT2D eigenvalue weighted by Gasteiger charge is 2.42. The maximum absolute atomic E-state index is 10.2. The molecule has 1 N–H and O–H groups in total. The Balaban J connectivity index is 1.36. The van der Waals surface area contributed by atoms with Gasteiger partial charge in [0.1, 0.15) is 6.34 Å². The lowest BCUT2D eigenvalue weighted by atomic mass is 9.95. The molecular weight excluding hydrogens is 224 g/mol. The second kappa shape index (κ2) is 4.22. The molecule has 3 heteroatoms. The molecule has 0 aromatic heterocycles. The van der Waals surface area contributed by atoms with Crippen molar-refractivity contribution in [3.8, 4) is 0 Å². The van der Waals surface area contributed by atoms with Crippen LogP contribution in [0.1, 0.15) is 51.4 Å². The fraction of sp³-hybridized carbons (Fsp3) is 0.933. The summed E-state index contributed by atoms with van der Waals surface area (Å²) in [5.74, 6) is 3.36. The number of hydroxylamine groups is 2. The summed E-state index contributed by atoms with van der Waals surface area (Å²) in [6.07, 6.45) is 12.4. The van der Waals surface area contributed by atoms with Gasteiger partial charge in [0.25, 0.3) is 0 Å². The predicted molar refractivity (Wildman–Crippen MR) is 70.6 cm³/mol. The summed E-state index contributed by atoms with van der Waals surface area (Å²) >= 11 is 0. The molecule has 4 saturated carbocycles. The van der Waals surface area contributed by atoms with Crippen LogP contribution in [0.2, 0.25) is 0 Å². The molecule has 0 aliphatic heterocycles. The van der Waals surface area contributed by atoms with E-state index < -0.39 is 0 Å². The van der Waals surface area contributed by atoms with Crippen molar-refractivity contribution in [1.82, 2.24) is 5.06 Å². The molecule has 4 aliphatic carbocycles. The van der Waals surface area contributed by atoms with Gasteiger partial charge in [0, 0.05) is 0 Å². The van der Waals surface area contributed by atoms with Crippen LogP contribution in [0.15, 0.2) is 4.99 Å². The van der Waals surface area contributed by atoms with Crippen LogP contribution in [0.4, 0.5) is 0 Å². The average Bonchev–Trinajstić information content (AvgIpc) is 3.13. The Morgan fingerprint density at radius 2 is 1.61 bits per heavy atom. The van der Waals surface area contributed by atoms with Crippen molar-refractivity contribution in [1.29, 1.82) is 0 Å². The number of nitrogens with zero attached hydrogens (tertiary/aromatic N) is 2. The second-order valence-corrected chi connectivity index (χ2v) is 7.13. The summed E-state index contributed by atoms with van der Waals surface area (Å²) in [5, 5.41) is 11.6. The zero-order chi connectivity index (χ0) is 12.1. The van der Waals surface area contributed by atoms with E-state index in [1.165, 1.54) is 56.4 Å². The summed E-state index contributed by atoms with van der Waals surface area (Å²) in [6, 6.07) is 0.878. The van der Waals surface area contributed by atoms with Crippen LogP contribution in [0.25, 0.3) is 0 Å². The first-order chi connectivity index (χ1) is 8.79. The van der Waals surface area contributed by atoms with Gasteiger partial charge in [-0.05, 0) is 62.2 Å². The molecule has 0 saturated heterocycles. The molecule has 4 bridgehead atoms. The van der Waals surface area contributed by atoms with Gasteiger partial charge >= 0.3 is 0 Å². The van der Waals surface area contributed by atoms with E-state index in [4.69, 9.17) is 0 Å². The predicted octanol–water partition coefficient (Wildman–Crippen LogP) is 3.08. The van der Waals surface area contributed by atoms with E-state index in [2.05, 4.69) is 4.99 Å². The first kappa shape index (κ1) is 11.3. The Morgan fingerprint density at radius 3 is 2.17 bits per heavy atom. The lowest BCUT2D eigenvalue weighted by molar-refractivity contribution is -0.0650. The summed E-state index contributed by atoms with van der Waals surface area (Å²) in [5.41, 5.74) is 0. The molecule has 18 heavy (non-hydrogen) atoms. The van der Waals surface area contributed by atoms with Crippen LogP contribution in [0, 0.1) is 23.7 Å². The molecular formula is C15H24N2O. The number of hydrogen-bond acceptors (Lipinski definition) is 2. The summed E-state index contributed by atoms with van der Waals surface area (Å²) in [6.45, 7) is 0. The van der Waals surface area contributed by atoms with Gasteiger partial charge in [-0.2, -0.15) is 0 Å². The minimum absolute atomic E-state index is 0.367. The van der Waals surface area contributed by atoms with E-state index in [0.29, 0.717) is 12.1 Å². The SMILES string of the molecule is ON(C=NC1CC2CCC1C2)C1CC2CCC1C2. The molecule has 4 aliphatic rings. The van der Waals surface area contributed by atoms with Crippen molar-refractivity contribution in [2.45, 2.75) is 63.5 Å². The number of rotatable bonds is 3. The molecule has 4 fully saturated rings. The van der Waals surface area contributed by atoms with E-state index in [9.17, 15) is 5.21 Å². The summed E-state index contributed by atoms with van der Waals surface area (Å²) in [4.78, 5) is 4.68. The molecule has 0 spiro atoms. The first-order valence-electron chi connectivity index (χ1n) is 7.80. The standard InChI is InChI=1S/C15H24N2O/c18-17(15-8-11-2-4-13(15)6-11)9-16-14-7-10-1-3-12(14)5-10/h9-15,18H,1-8H2. The third-order valence-electron chi connectivity index (χ3n) is 6.12. The van der Waals surface area contributed by atoms with E-state index in [1.807, 2.05) is 0 Å². The summed E-state index contributed by atoms with van der Waals surface area (Å²) in [7, 11) is 0. The van der Waals surface area contributed by atoms with Crippen LogP contribution < -0.4 is 0 Å². The van der Waals surface area contributed by atoms with Crippen molar-refractivity contribution in [3.05, 3.63) is 0 Å². The Kier molecular flexibility index (Phi) is 2.65. The zero-order valence-electron chi connectivity index (χ0n) is 11.0. The average molecular weight is 248 g/mol. The monoisotopic (exact) mass is 248 g/mol. The van der Waals surface area contributed by atoms with E-state index in [1.54, 1.807) is 6.34 Å². The van der Waals surface area contributed by atoms with Crippen molar-refractivity contribution >= 4 is 6.34 Å². The molecule has 6 unspecified atom stereocenters. The fourth-order valence-electron chi connectivity index (χ4n) is 5.17. The van der Waals surface area contributed by atoms with Gasteiger partial charge in [0.15, 0.2) is 0 Å². The van der Waals surface area contributed by atoms with Crippen molar-refractivity contribution in [3.63, 3.8) is 0 Å². The molecule has 6 atom stereocenters. The summed E-state index contributed by atoms with van der Waals surface area (Å²) < 4.78 is 0. The molecule has 0 amide bonds. The number of hydrogen-bond donors (Lipinski definition) is 1. The van der Waals surface area contributed by atoms with Crippen molar-refractivity contribution < 1.29 is 5.21 Å². The topological polar surface area (TPSA) is 35.8 Å². The maximum atomic E-state index is 10.2. The molecule has 3 nitrogen and oxygen atoms in total. The Labute approximate surface area is 109 Å². The van der Waals surface area contributed by atoms with E-state index in [0.717, 1.165) is 23.7 Å². The highest BCUT2D eigenvalue weighted by atomic mass is 16.5. The number of fused-ring (bicyclic) bond motifs is 4. The van der Waals surface area contributed by atoms with E-state index in [-0.39, 0.29) is 0 Å². The largest absolute Gasteiger partial charge is 0.287 e. The van der Waals surface area contributed by atoms with Crippen LogP contribution in [-0.2, 0) is 0 Å². The minimum atomic E-state index is 0.367. The number of aliphatic imine (C=N–C) groups is 1. The first-order valence-corrected chi connectivity index (χ1v) is 7.80. The van der Waals surface area contributed by atoms with Crippen LogP contribution in [0.5, 0.6) is 0 Å².